The van der Waals surface area contributed by atoms with Gasteiger partial charge in [0, 0.05) is 31.7 Å². The van der Waals surface area contributed by atoms with Gasteiger partial charge in [0.25, 0.3) is 5.91 Å². The Bertz CT molecular complexity index is 593. The van der Waals surface area contributed by atoms with Gasteiger partial charge in [0.05, 0.1) is 19.8 Å². The van der Waals surface area contributed by atoms with Gasteiger partial charge in [0.15, 0.2) is 0 Å². The third kappa shape index (κ3) is 6.70. The van der Waals surface area contributed by atoms with Crippen molar-refractivity contribution in [3.8, 4) is 0 Å². The molecule has 1 saturated carbocycles. The molecule has 0 aromatic carbocycles. The maximum absolute atomic E-state index is 12.1. The number of rotatable bonds is 10. The molecule has 1 fully saturated rings. The standard InChI is InChI=1S/C21H32N2O4/c1-15(2)20(24)17-6-4-16(5-7-17)18-8-9-19(23-14-18)21(25)22-10-11-27-13-12-26-3/h8-9,14-17H,4-7,10-13H2,1-3H3,(H,22,25). The van der Waals surface area contributed by atoms with E-state index >= 15 is 0 Å². The Morgan fingerprint density at radius 1 is 1.15 bits per heavy atom. The summed E-state index contributed by atoms with van der Waals surface area (Å²) in [5.41, 5.74) is 1.57. The summed E-state index contributed by atoms with van der Waals surface area (Å²) in [4.78, 5) is 28.6. The van der Waals surface area contributed by atoms with Crippen molar-refractivity contribution in [1.82, 2.24) is 10.3 Å². The number of carbonyl (C=O) groups excluding carboxylic acids is 2. The fourth-order valence-corrected chi connectivity index (χ4v) is 3.54. The van der Waals surface area contributed by atoms with Gasteiger partial charge in [0.1, 0.15) is 11.5 Å². The van der Waals surface area contributed by atoms with Crippen LogP contribution in [0, 0.1) is 11.8 Å². The molecule has 27 heavy (non-hydrogen) atoms. The second-order valence-electron chi connectivity index (χ2n) is 7.44. The van der Waals surface area contributed by atoms with Crippen molar-refractivity contribution in [3.63, 3.8) is 0 Å². The molecule has 1 aromatic heterocycles. The average molecular weight is 376 g/mol. The summed E-state index contributed by atoms with van der Waals surface area (Å²) < 4.78 is 10.2. The molecule has 6 nitrogen and oxygen atoms in total. The maximum Gasteiger partial charge on any atom is 0.269 e. The molecule has 0 bridgehead atoms. The van der Waals surface area contributed by atoms with Crippen molar-refractivity contribution in [2.24, 2.45) is 11.8 Å². The fourth-order valence-electron chi connectivity index (χ4n) is 3.54. The molecule has 0 unspecified atom stereocenters. The van der Waals surface area contributed by atoms with Gasteiger partial charge in [-0.1, -0.05) is 19.9 Å². The van der Waals surface area contributed by atoms with Crippen molar-refractivity contribution < 1.29 is 19.1 Å². The zero-order valence-corrected chi connectivity index (χ0v) is 16.7. The van der Waals surface area contributed by atoms with Crippen LogP contribution in [-0.2, 0) is 14.3 Å². The molecule has 0 spiro atoms. The number of aromatic nitrogens is 1. The first-order valence-corrected chi connectivity index (χ1v) is 9.87. The number of hydrogen-bond donors (Lipinski definition) is 1. The van der Waals surface area contributed by atoms with Crippen LogP contribution in [0.1, 0.15) is 61.5 Å². The number of methoxy groups -OCH3 is 1. The van der Waals surface area contributed by atoms with Crippen LogP contribution in [0.15, 0.2) is 18.3 Å². The zero-order chi connectivity index (χ0) is 19.6. The van der Waals surface area contributed by atoms with Crippen molar-refractivity contribution in [1.29, 1.82) is 0 Å². The van der Waals surface area contributed by atoms with Gasteiger partial charge in [0.2, 0.25) is 0 Å². The molecular weight excluding hydrogens is 344 g/mol. The Morgan fingerprint density at radius 3 is 2.48 bits per heavy atom. The Hall–Kier alpha value is -1.79. The summed E-state index contributed by atoms with van der Waals surface area (Å²) >= 11 is 0. The van der Waals surface area contributed by atoms with E-state index in [-0.39, 0.29) is 17.7 Å². The van der Waals surface area contributed by atoms with Crippen LogP contribution in [0.25, 0.3) is 0 Å². The van der Waals surface area contributed by atoms with Gasteiger partial charge >= 0.3 is 0 Å². The average Bonchev–Trinajstić information content (AvgIpc) is 2.70. The van der Waals surface area contributed by atoms with E-state index in [2.05, 4.69) is 10.3 Å². The molecule has 0 saturated heterocycles. The summed E-state index contributed by atoms with van der Waals surface area (Å²) in [5, 5.41) is 2.80. The lowest BCUT2D eigenvalue weighted by Crippen LogP contribution is -2.28. The van der Waals surface area contributed by atoms with Crippen LogP contribution in [0.4, 0.5) is 0 Å². The molecule has 1 aliphatic rings. The molecular formula is C21H32N2O4. The molecule has 0 aliphatic heterocycles. The fraction of sp³-hybridized carbons (Fsp3) is 0.667. The van der Waals surface area contributed by atoms with Gasteiger partial charge in [-0.05, 0) is 43.2 Å². The normalized spacial score (nSPS) is 19.9. The van der Waals surface area contributed by atoms with Crippen molar-refractivity contribution in [2.75, 3.05) is 33.5 Å². The lowest BCUT2D eigenvalue weighted by atomic mass is 9.76. The molecule has 0 atom stereocenters. The Kier molecular flexibility index (Phi) is 8.88. The predicted molar refractivity (Wildman–Crippen MR) is 104 cm³/mol. The summed E-state index contributed by atoms with van der Waals surface area (Å²) in [5.74, 6) is 0.967. The number of hydrogen-bond acceptors (Lipinski definition) is 5. The summed E-state index contributed by atoms with van der Waals surface area (Å²) in [7, 11) is 1.62. The van der Waals surface area contributed by atoms with Crippen LogP contribution in [0.3, 0.4) is 0 Å². The van der Waals surface area contributed by atoms with Crippen LogP contribution >= 0.6 is 0 Å². The summed E-state index contributed by atoms with van der Waals surface area (Å²) in [6.45, 7) is 5.92. The molecule has 1 aromatic rings. The highest BCUT2D eigenvalue weighted by molar-refractivity contribution is 5.92. The quantitative estimate of drug-likeness (QED) is 0.635. The first-order valence-electron chi connectivity index (χ1n) is 9.87. The minimum atomic E-state index is -0.192. The molecule has 150 valence electrons. The smallest absolute Gasteiger partial charge is 0.269 e. The SMILES string of the molecule is COCCOCCNC(=O)c1ccc(C2CCC(C(=O)C(C)C)CC2)cn1. The van der Waals surface area contributed by atoms with E-state index in [1.54, 1.807) is 19.4 Å². The number of ketones is 1. The lowest BCUT2D eigenvalue weighted by molar-refractivity contribution is -0.126. The van der Waals surface area contributed by atoms with E-state index in [0.717, 1.165) is 31.2 Å². The van der Waals surface area contributed by atoms with E-state index < -0.39 is 0 Å². The number of Topliss-reactive ketones (excluding diaryl/α,β-unsaturated/α-hetero) is 1. The number of amides is 1. The number of nitrogens with zero attached hydrogens (tertiary/aromatic N) is 1. The monoisotopic (exact) mass is 376 g/mol. The Morgan fingerprint density at radius 2 is 1.89 bits per heavy atom. The van der Waals surface area contributed by atoms with Crippen LogP contribution in [-0.4, -0.2) is 50.1 Å². The highest BCUT2D eigenvalue weighted by Crippen LogP contribution is 2.36. The third-order valence-corrected chi connectivity index (χ3v) is 5.15. The number of nitrogens with one attached hydrogen (secondary N) is 1. The van der Waals surface area contributed by atoms with Gasteiger partial charge in [-0.2, -0.15) is 0 Å². The minimum absolute atomic E-state index is 0.122. The summed E-state index contributed by atoms with van der Waals surface area (Å²) in [6.07, 6.45) is 5.73. The predicted octanol–water partition coefficient (Wildman–Crippen LogP) is 2.97. The van der Waals surface area contributed by atoms with Crippen molar-refractivity contribution >= 4 is 11.7 Å². The van der Waals surface area contributed by atoms with E-state index in [9.17, 15) is 9.59 Å². The van der Waals surface area contributed by atoms with Crippen LogP contribution in [0.5, 0.6) is 0 Å². The van der Waals surface area contributed by atoms with E-state index in [4.69, 9.17) is 9.47 Å². The van der Waals surface area contributed by atoms with Gasteiger partial charge in [-0.15, -0.1) is 0 Å². The highest BCUT2D eigenvalue weighted by Gasteiger charge is 2.28. The molecule has 1 aliphatic carbocycles. The summed E-state index contributed by atoms with van der Waals surface area (Å²) in [6, 6.07) is 3.77. The number of carbonyl (C=O) groups is 2. The van der Waals surface area contributed by atoms with Gasteiger partial charge in [-0.25, -0.2) is 0 Å². The zero-order valence-electron chi connectivity index (χ0n) is 16.7. The van der Waals surface area contributed by atoms with Gasteiger partial charge < -0.3 is 14.8 Å². The van der Waals surface area contributed by atoms with Crippen LogP contribution < -0.4 is 5.32 Å². The van der Waals surface area contributed by atoms with Crippen molar-refractivity contribution in [2.45, 2.75) is 45.4 Å². The Labute approximate surface area is 162 Å². The highest BCUT2D eigenvalue weighted by atomic mass is 16.5. The second-order valence-corrected chi connectivity index (χ2v) is 7.44. The Balaban J connectivity index is 1.76. The number of pyridine rings is 1. The van der Waals surface area contributed by atoms with E-state index in [1.165, 1.54) is 0 Å². The molecule has 1 heterocycles. The second kappa shape index (κ2) is 11.1. The lowest BCUT2D eigenvalue weighted by Gasteiger charge is -2.28. The molecule has 6 heteroatoms. The molecule has 2 rings (SSSR count). The largest absolute Gasteiger partial charge is 0.382 e. The van der Waals surface area contributed by atoms with Crippen LogP contribution in [0.2, 0.25) is 0 Å². The number of ether oxygens (including phenoxy) is 2. The topological polar surface area (TPSA) is 77.5 Å². The minimum Gasteiger partial charge on any atom is -0.382 e. The maximum atomic E-state index is 12.1. The van der Waals surface area contributed by atoms with Gasteiger partial charge in [-0.3, -0.25) is 14.6 Å². The molecule has 1 N–H and O–H groups in total. The molecule has 0 radical (unpaired) electrons. The third-order valence-electron chi connectivity index (χ3n) is 5.15. The van der Waals surface area contributed by atoms with E-state index in [0.29, 0.717) is 43.8 Å². The first kappa shape index (κ1) is 21.5. The first-order chi connectivity index (χ1) is 13.0. The van der Waals surface area contributed by atoms with E-state index in [1.807, 2.05) is 19.9 Å². The molecule has 1 amide bonds. The van der Waals surface area contributed by atoms with Crippen molar-refractivity contribution in [3.05, 3.63) is 29.6 Å².